The van der Waals surface area contributed by atoms with Crippen LogP contribution in [0.2, 0.25) is 0 Å². The van der Waals surface area contributed by atoms with Gasteiger partial charge in [0.1, 0.15) is 5.01 Å². The van der Waals surface area contributed by atoms with Gasteiger partial charge in [-0.1, -0.05) is 20.8 Å². The normalized spacial score (nSPS) is 14.5. The molecule has 0 radical (unpaired) electrons. The number of thiazole rings is 1. The number of aromatic nitrogens is 1. The first-order valence-electron chi connectivity index (χ1n) is 4.62. The van der Waals surface area contributed by atoms with Gasteiger partial charge in [-0.15, -0.1) is 11.3 Å². The van der Waals surface area contributed by atoms with Gasteiger partial charge in [-0.2, -0.15) is 0 Å². The van der Waals surface area contributed by atoms with Gasteiger partial charge in [0.2, 0.25) is 0 Å². The second kappa shape index (κ2) is 4.20. The quantitative estimate of drug-likeness (QED) is 0.807. The van der Waals surface area contributed by atoms with Gasteiger partial charge in [-0.25, -0.2) is 4.98 Å². The Kier molecular flexibility index (Phi) is 3.45. The van der Waals surface area contributed by atoms with Crippen molar-refractivity contribution in [3.8, 4) is 0 Å². The summed E-state index contributed by atoms with van der Waals surface area (Å²) in [6.45, 7) is 9.83. The average Bonchev–Trinajstić information content (AvgIpc) is 2.50. The molecule has 0 aliphatic heterocycles. The second-order valence-electron chi connectivity index (χ2n) is 4.39. The Hall–Kier alpha value is -0.410. The minimum Gasteiger partial charge on any atom is -0.307 e. The van der Waals surface area contributed by atoms with Gasteiger partial charge in [-0.05, 0) is 12.3 Å². The van der Waals surface area contributed by atoms with E-state index in [0.717, 1.165) is 11.6 Å². The van der Waals surface area contributed by atoms with E-state index in [1.54, 1.807) is 11.3 Å². The maximum atomic E-state index is 4.23. The van der Waals surface area contributed by atoms with Crippen LogP contribution in [-0.2, 0) is 6.54 Å². The van der Waals surface area contributed by atoms with Crippen molar-refractivity contribution in [1.82, 2.24) is 10.3 Å². The van der Waals surface area contributed by atoms with E-state index in [1.165, 1.54) is 0 Å². The van der Waals surface area contributed by atoms with E-state index >= 15 is 0 Å². The van der Waals surface area contributed by atoms with Crippen molar-refractivity contribution >= 4 is 11.3 Å². The van der Waals surface area contributed by atoms with E-state index in [1.807, 2.05) is 11.6 Å². The van der Waals surface area contributed by atoms with Crippen LogP contribution in [0.4, 0.5) is 0 Å². The molecule has 1 unspecified atom stereocenters. The summed E-state index contributed by atoms with van der Waals surface area (Å²) in [6.07, 6.45) is 1.85. The van der Waals surface area contributed by atoms with Crippen molar-refractivity contribution < 1.29 is 0 Å². The predicted octanol–water partition coefficient (Wildman–Crippen LogP) is 2.67. The van der Waals surface area contributed by atoms with Gasteiger partial charge >= 0.3 is 0 Å². The molecule has 13 heavy (non-hydrogen) atoms. The first-order valence-corrected chi connectivity index (χ1v) is 5.50. The smallest absolute Gasteiger partial charge is 0.106 e. The zero-order valence-electron chi connectivity index (χ0n) is 8.79. The molecule has 0 aromatic carbocycles. The summed E-state index contributed by atoms with van der Waals surface area (Å²) in [4.78, 5) is 4.23. The van der Waals surface area contributed by atoms with Crippen LogP contribution >= 0.6 is 11.3 Å². The second-order valence-corrected chi connectivity index (χ2v) is 5.37. The molecule has 0 bridgehead atoms. The molecule has 1 atom stereocenters. The molecule has 1 heterocycles. The fraction of sp³-hybridized carbons (Fsp3) is 0.700. The first-order chi connectivity index (χ1) is 6.00. The maximum absolute atomic E-state index is 4.23. The molecule has 0 aliphatic carbocycles. The fourth-order valence-corrected chi connectivity index (χ4v) is 1.45. The van der Waals surface area contributed by atoms with E-state index in [4.69, 9.17) is 0 Å². The van der Waals surface area contributed by atoms with Crippen molar-refractivity contribution in [2.24, 2.45) is 5.41 Å². The minimum absolute atomic E-state index is 0.317. The maximum Gasteiger partial charge on any atom is 0.106 e. The number of nitrogens with one attached hydrogen (secondary N) is 1. The molecule has 0 saturated heterocycles. The third-order valence-corrected chi connectivity index (χ3v) is 3.12. The van der Waals surface area contributed by atoms with E-state index in [-0.39, 0.29) is 0 Å². The van der Waals surface area contributed by atoms with E-state index in [0.29, 0.717) is 11.5 Å². The molecule has 74 valence electrons. The lowest BCUT2D eigenvalue weighted by Gasteiger charge is -2.27. The summed E-state index contributed by atoms with van der Waals surface area (Å²) in [7, 11) is 0. The molecule has 0 spiro atoms. The number of hydrogen-bond donors (Lipinski definition) is 1. The summed E-state index contributed by atoms with van der Waals surface area (Å²) in [5.74, 6) is 0. The highest BCUT2D eigenvalue weighted by Gasteiger charge is 2.19. The van der Waals surface area contributed by atoms with E-state index < -0.39 is 0 Å². The molecule has 0 fully saturated rings. The van der Waals surface area contributed by atoms with Crippen molar-refractivity contribution in [2.75, 3.05) is 0 Å². The largest absolute Gasteiger partial charge is 0.307 e. The van der Waals surface area contributed by atoms with Crippen LogP contribution in [0.1, 0.15) is 32.7 Å². The molecule has 1 rings (SSSR count). The number of nitrogens with zero attached hydrogens (tertiary/aromatic N) is 1. The van der Waals surface area contributed by atoms with Gasteiger partial charge in [0, 0.05) is 24.2 Å². The predicted molar refractivity (Wildman–Crippen MR) is 57.9 cm³/mol. The highest BCUT2D eigenvalue weighted by Crippen LogP contribution is 2.18. The van der Waals surface area contributed by atoms with Crippen molar-refractivity contribution in [1.29, 1.82) is 0 Å². The molecular formula is C10H18N2S. The van der Waals surface area contributed by atoms with Crippen molar-refractivity contribution in [3.63, 3.8) is 0 Å². The minimum atomic E-state index is 0.317. The Labute approximate surface area is 84.4 Å². The van der Waals surface area contributed by atoms with Crippen LogP contribution in [0.15, 0.2) is 11.6 Å². The van der Waals surface area contributed by atoms with E-state index in [2.05, 4.69) is 38.0 Å². The zero-order chi connectivity index (χ0) is 9.90. The SMILES string of the molecule is CC(NCc1nccs1)C(C)(C)C. The Balaban J connectivity index is 2.35. The van der Waals surface area contributed by atoms with Crippen LogP contribution in [0, 0.1) is 5.41 Å². The number of rotatable bonds is 3. The highest BCUT2D eigenvalue weighted by atomic mass is 32.1. The van der Waals surface area contributed by atoms with Gasteiger partial charge in [0.15, 0.2) is 0 Å². The van der Waals surface area contributed by atoms with Crippen LogP contribution in [-0.4, -0.2) is 11.0 Å². The van der Waals surface area contributed by atoms with Crippen molar-refractivity contribution in [2.45, 2.75) is 40.3 Å². The summed E-state index contributed by atoms with van der Waals surface area (Å²) < 4.78 is 0. The van der Waals surface area contributed by atoms with Gasteiger partial charge in [0.25, 0.3) is 0 Å². The molecule has 0 saturated carbocycles. The monoisotopic (exact) mass is 198 g/mol. The fourth-order valence-electron chi connectivity index (χ4n) is 0.887. The summed E-state index contributed by atoms with van der Waals surface area (Å²) >= 11 is 1.70. The summed E-state index contributed by atoms with van der Waals surface area (Å²) in [6, 6.07) is 0.511. The topological polar surface area (TPSA) is 24.9 Å². The zero-order valence-corrected chi connectivity index (χ0v) is 9.61. The third-order valence-electron chi connectivity index (χ3n) is 2.34. The lowest BCUT2D eigenvalue weighted by Crippen LogP contribution is -2.37. The standard InChI is InChI=1S/C10H18N2S/c1-8(10(2,3)4)12-7-9-11-5-6-13-9/h5-6,8,12H,7H2,1-4H3. The van der Waals surface area contributed by atoms with E-state index in [9.17, 15) is 0 Å². The van der Waals surface area contributed by atoms with Gasteiger partial charge in [0.05, 0.1) is 0 Å². The molecule has 1 N–H and O–H groups in total. The molecule has 1 aromatic rings. The number of hydrogen-bond acceptors (Lipinski definition) is 3. The Morgan fingerprint density at radius 1 is 1.54 bits per heavy atom. The van der Waals surface area contributed by atoms with Crippen LogP contribution in [0.25, 0.3) is 0 Å². The van der Waals surface area contributed by atoms with Gasteiger partial charge < -0.3 is 5.32 Å². The molecular weight excluding hydrogens is 180 g/mol. The Bertz CT molecular complexity index is 236. The molecule has 3 heteroatoms. The molecule has 1 aromatic heterocycles. The highest BCUT2D eigenvalue weighted by molar-refractivity contribution is 7.09. The average molecular weight is 198 g/mol. The lowest BCUT2D eigenvalue weighted by atomic mass is 9.88. The van der Waals surface area contributed by atoms with Crippen LogP contribution < -0.4 is 5.32 Å². The van der Waals surface area contributed by atoms with Crippen LogP contribution in [0.5, 0.6) is 0 Å². The van der Waals surface area contributed by atoms with Gasteiger partial charge in [-0.3, -0.25) is 0 Å². The molecule has 2 nitrogen and oxygen atoms in total. The molecule has 0 aliphatic rings. The first kappa shape index (κ1) is 10.7. The van der Waals surface area contributed by atoms with Crippen molar-refractivity contribution in [3.05, 3.63) is 16.6 Å². The summed E-state index contributed by atoms with van der Waals surface area (Å²) in [5.41, 5.74) is 0.317. The molecule has 0 amide bonds. The third kappa shape index (κ3) is 3.44. The Morgan fingerprint density at radius 3 is 2.69 bits per heavy atom. The Morgan fingerprint density at radius 2 is 2.23 bits per heavy atom. The summed E-state index contributed by atoms with van der Waals surface area (Å²) in [5, 5.41) is 6.65. The van der Waals surface area contributed by atoms with Crippen LogP contribution in [0.3, 0.4) is 0 Å². The lowest BCUT2D eigenvalue weighted by molar-refractivity contribution is 0.285.